The van der Waals surface area contributed by atoms with E-state index < -0.39 is 0 Å². The fourth-order valence-electron chi connectivity index (χ4n) is 5.13. The van der Waals surface area contributed by atoms with E-state index in [1.807, 2.05) is 48.7 Å². The number of hydrogen-bond donors (Lipinski definition) is 1. The summed E-state index contributed by atoms with van der Waals surface area (Å²) in [5.74, 6) is 2.45. The molecule has 0 radical (unpaired) electrons. The highest BCUT2D eigenvalue weighted by Crippen LogP contribution is 2.44. The van der Waals surface area contributed by atoms with Crippen molar-refractivity contribution in [3.05, 3.63) is 69.2 Å². The Morgan fingerprint density at radius 1 is 1.06 bits per heavy atom. The maximum absolute atomic E-state index is 10.3. The number of benzene rings is 2. The number of halogens is 2. The first-order valence-electron chi connectivity index (χ1n) is 10.9. The maximum Gasteiger partial charge on any atom is 0.140 e. The predicted octanol–water partition coefficient (Wildman–Crippen LogP) is 4.69. The van der Waals surface area contributed by atoms with Gasteiger partial charge < -0.3 is 9.84 Å². The lowest BCUT2D eigenvalue weighted by Gasteiger charge is -2.33. The van der Waals surface area contributed by atoms with Gasteiger partial charge in [-0.2, -0.15) is 0 Å². The quantitative estimate of drug-likeness (QED) is 0.596. The second-order valence-corrected chi connectivity index (χ2v) is 9.57. The molecule has 8 heteroatoms. The zero-order valence-corrected chi connectivity index (χ0v) is 19.8. The first-order valence-corrected chi connectivity index (χ1v) is 11.7. The Bertz CT molecular complexity index is 1130. The summed E-state index contributed by atoms with van der Waals surface area (Å²) >= 11 is 12.9. The number of rotatable bonds is 4. The van der Waals surface area contributed by atoms with Crippen molar-refractivity contribution in [3.8, 4) is 11.4 Å². The van der Waals surface area contributed by atoms with Crippen molar-refractivity contribution in [1.82, 2.24) is 19.7 Å². The Morgan fingerprint density at radius 3 is 2.38 bits per heavy atom. The molecule has 6 nitrogen and oxygen atoms in total. The number of fused-ring (bicyclic) bond motifs is 1. The zero-order chi connectivity index (χ0) is 22.6. The number of aromatic nitrogens is 3. The molecule has 5 rings (SSSR count). The second-order valence-electron chi connectivity index (χ2n) is 8.72. The normalized spacial score (nSPS) is 25.3. The van der Waals surface area contributed by atoms with Gasteiger partial charge in [0.05, 0.1) is 12.1 Å². The van der Waals surface area contributed by atoms with Gasteiger partial charge >= 0.3 is 0 Å². The molecule has 1 unspecified atom stereocenters. The largest absolute Gasteiger partial charge is 0.484 e. The lowest BCUT2D eigenvalue weighted by Crippen LogP contribution is -2.44. The van der Waals surface area contributed by atoms with Crippen LogP contribution in [0.2, 0.25) is 10.0 Å². The van der Waals surface area contributed by atoms with Gasteiger partial charge in [-0.25, -0.2) is 0 Å². The molecule has 0 bridgehead atoms. The molecular weight excluding hydrogens is 447 g/mol. The Labute approximate surface area is 197 Å². The number of aliphatic hydroxyl groups excluding tert-OH is 1. The van der Waals surface area contributed by atoms with E-state index in [0.29, 0.717) is 10.0 Å². The second kappa shape index (κ2) is 8.34. The van der Waals surface area contributed by atoms with Crippen LogP contribution in [0.15, 0.2) is 36.4 Å². The maximum atomic E-state index is 10.3. The Hall–Kier alpha value is -2.12. The molecule has 1 aromatic heterocycles. The summed E-state index contributed by atoms with van der Waals surface area (Å²) in [6, 6.07) is 11.9. The number of aryl methyl sites for hydroxylation is 2. The molecule has 2 heterocycles. The molecule has 0 spiro atoms. The summed E-state index contributed by atoms with van der Waals surface area (Å²) in [5.41, 5.74) is 3.09. The summed E-state index contributed by atoms with van der Waals surface area (Å²) in [6.07, 6.45) is 0.984. The first-order chi connectivity index (χ1) is 15.3. The summed E-state index contributed by atoms with van der Waals surface area (Å²) in [4.78, 5) is 2.35. The average molecular weight is 473 g/mol. The summed E-state index contributed by atoms with van der Waals surface area (Å²) in [6.45, 7) is 6.77. The van der Waals surface area contributed by atoms with Crippen LogP contribution in [0.1, 0.15) is 42.2 Å². The molecule has 4 atom stereocenters. The minimum absolute atomic E-state index is 0.0664. The third-order valence-corrected chi connectivity index (χ3v) is 7.35. The molecule has 1 fully saturated rings. The SMILES string of the molecule is Cc1nnc(C)n1-c1ccc(O[C@H]2c3cc(Cl)cc(Cl)c3C[C@@H]2N2CC[C@@H](O)C2C)cc1. The fraction of sp³-hybridized carbons (Fsp3) is 0.417. The topological polar surface area (TPSA) is 63.4 Å². The first kappa shape index (κ1) is 21.7. The van der Waals surface area contributed by atoms with Gasteiger partial charge in [-0.1, -0.05) is 23.2 Å². The van der Waals surface area contributed by atoms with E-state index in [2.05, 4.69) is 22.0 Å². The van der Waals surface area contributed by atoms with Crippen LogP contribution in [0, 0.1) is 13.8 Å². The molecule has 32 heavy (non-hydrogen) atoms. The summed E-state index contributed by atoms with van der Waals surface area (Å²) in [5, 5.41) is 19.9. The highest BCUT2D eigenvalue weighted by Gasteiger charge is 2.44. The summed E-state index contributed by atoms with van der Waals surface area (Å²) < 4.78 is 8.58. The third-order valence-electron chi connectivity index (χ3n) is 6.80. The molecule has 2 aromatic carbocycles. The molecular formula is C24H26Cl2N4O2. The number of nitrogens with zero attached hydrogens (tertiary/aromatic N) is 4. The third kappa shape index (κ3) is 3.69. The van der Waals surface area contributed by atoms with Crippen molar-refractivity contribution in [2.24, 2.45) is 0 Å². The molecule has 1 saturated heterocycles. The van der Waals surface area contributed by atoms with Crippen molar-refractivity contribution in [3.63, 3.8) is 0 Å². The van der Waals surface area contributed by atoms with Crippen LogP contribution in [0.4, 0.5) is 0 Å². The fourth-order valence-corrected chi connectivity index (χ4v) is 5.71. The Kier molecular flexibility index (Phi) is 5.66. The lowest BCUT2D eigenvalue weighted by atomic mass is 10.1. The van der Waals surface area contributed by atoms with Gasteiger partial charge in [0.2, 0.25) is 0 Å². The number of likely N-dealkylation sites (tertiary alicyclic amines) is 1. The van der Waals surface area contributed by atoms with Gasteiger partial charge in [0.15, 0.2) is 0 Å². The highest BCUT2D eigenvalue weighted by atomic mass is 35.5. The standard InChI is InChI=1S/C24H26Cl2N4O2/c1-13-23(31)8-9-29(13)22-12-19-20(10-16(25)11-21(19)26)24(22)32-18-6-4-17(5-7-18)30-14(2)27-28-15(30)3/h4-7,10-11,13,22-24,31H,8-9,12H2,1-3H3/t13?,22-,23+,24-/m0/s1. The van der Waals surface area contributed by atoms with Crippen LogP contribution in [-0.2, 0) is 6.42 Å². The van der Waals surface area contributed by atoms with Crippen LogP contribution in [-0.4, -0.2) is 49.5 Å². The van der Waals surface area contributed by atoms with Crippen molar-refractivity contribution >= 4 is 23.2 Å². The number of ether oxygens (including phenoxy) is 1. The molecule has 0 amide bonds. The van der Waals surface area contributed by atoms with Crippen LogP contribution in [0.25, 0.3) is 5.69 Å². The van der Waals surface area contributed by atoms with Crippen molar-refractivity contribution in [2.75, 3.05) is 6.54 Å². The van der Waals surface area contributed by atoms with E-state index in [-0.39, 0.29) is 24.3 Å². The van der Waals surface area contributed by atoms with E-state index in [4.69, 9.17) is 27.9 Å². The van der Waals surface area contributed by atoms with Gasteiger partial charge in [-0.05, 0) is 75.6 Å². The van der Waals surface area contributed by atoms with Crippen LogP contribution >= 0.6 is 23.2 Å². The summed E-state index contributed by atoms with van der Waals surface area (Å²) in [7, 11) is 0. The van der Waals surface area contributed by atoms with E-state index in [9.17, 15) is 5.11 Å². The average Bonchev–Trinajstić information content (AvgIpc) is 3.39. The van der Waals surface area contributed by atoms with E-state index in [1.54, 1.807) is 6.07 Å². The lowest BCUT2D eigenvalue weighted by molar-refractivity contribution is 0.0488. The number of hydrogen-bond acceptors (Lipinski definition) is 5. The minimum atomic E-state index is -0.326. The van der Waals surface area contributed by atoms with E-state index in [0.717, 1.165) is 53.6 Å². The van der Waals surface area contributed by atoms with Crippen LogP contribution in [0.5, 0.6) is 5.75 Å². The van der Waals surface area contributed by atoms with E-state index >= 15 is 0 Å². The zero-order valence-electron chi connectivity index (χ0n) is 18.3. The van der Waals surface area contributed by atoms with Crippen molar-refractivity contribution in [1.29, 1.82) is 0 Å². The molecule has 0 saturated carbocycles. The molecule has 1 N–H and O–H groups in total. The van der Waals surface area contributed by atoms with Crippen molar-refractivity contribution < 1.29 is 9.84 Å². The van der Waals surface area contributed by atoms with Crippen molar-refractivity contribution in [2.45, 2.75) is 57.9 Å². The molecule has 2 aliphatic rings. The van der Waals surface area contributed by atoms with Gasteiger partial charge in [0, 0.05) is 33.9 Å². The smallest absolute Gasteiger partial charge is 0.140 e. The van der Waals surface area contributed by atoms with E-state index in [1.165, 1.54) is 0 Å². The monoisotopic (exact) mass is 472 g/mol. The van der Waals surface area contributed by atoms with Gasteiger partial charge in [-0.15, -0.1) is 10.2 Å². The predicted molar refractivity (Wildman–Crippen MR) is 125 cm³/mol. The Balaban J connectivity index is 1.47. The number of aliphatic hydroxyl groups is 1. The Morgan fingerprint density at radius 2 is 1.75 bits per heavy atom. The van der Waals surface area contributed by atoms with Gasteiger partial charge in [0.25, 0.3) is 0 Å². The highest BCUT2D eigenvalue weighted by molar-refractivity contribution is 6.35. The molecule has 1 aliphatic carbocycles. The molecule has 3 aromatic rings. The minimum Gasteiger partial charge on any atom is -0.484 e. The molecule has 168 valence electrons. The van der Waals surface area contributed by atoms with Gasteiger partial charge in [-0.3, -0.25) is 9.47 Å². The van der Waals surface area contributed by atoms with Crippen LogP contribution in [0.3, 0.4) is 0 Å². The van der Waals surface area contributed by atoms with Gasteiger partial charge in [0.1, 0.15) is 23.5 Å². The van der Waals surface area contributed by atoms with Crippen LogP contribution < -0.4 is 4.74 Å². The molecule has 1 aliphatic heterocycles.